The number of aromatic nitrogens is 3. The molecule has 1 aromatic rings. The first-order valence-electron chi connectivity index (χ1n) is 3.98. The van der Waals surface area contributed by atoms with Crippen LogP contribution in [0.2, 0.25) is 0 Å². The van der Waals surface area contributed by atoms with Gasteiger partial charge in [-0.15, -0.1) is 0 Å². The van der Waals surface area contributed by atoms with Crippen LogP contribution in [-0.2, 0) is 12.8 Å². The quantitative estimate of drug-likeness (QED) is 0.796. The van der Waals surface area contributed by atoms with Crippen LogP contribution in [0, 0.1) is 0 Å². The molecule has 3 nitrogen and oxygen atoms in total. The molecule has 0 spiro atoms. The topological polar surface area (TPSA) is 41.6 Å². The van der Waals surface area contributed by atoms with Crippen molar-refractivity contribution in [3.05, 3.63) is 11.6 Å². The number of hydrogen-bond acceptors (Lipinski definition) is 2. The normalized spacial score (nSPS) is 12.0. The van der Waals surface area contributed by atoms with E-state index in [-0.39, 0.29) is 6.42 Å². The average Bonchev–Trinajstić information content (AvgIpc) is 2.47. The number of nitrogens with zero attached hydrogens (tertiary/aromatic N) is 2. The molecule has 1 rings (SSSR count). The molecule has 1 N–H and O–H groups in total. The Morgan fingerprint density at radius 2 is 2.08 bits per heavy atom. The maximum Gasteiger partial charge on any atom is 0.389 e. The molecular formula is C7H10F3N3. The van der Waals surface area contributed by atoms with Crippen LogP contribution < -0.4 is 0 Å². The third kappa shape index (κ3) is 3.43. The van der Waals surface area contributed by atoms with E-state index < -0.39 is 12.6 Å². The van der Waals surface area contributed by atoms with Gasteiger partial charge in [-0.3, -0.25) is 5.10 Å². The maximum atomic E-state index is 11.8. The van der Waals surface area contributed by atoms with E-state index >= 15 is 0 Å². The Morgan fingerprint density at radius 1 is 1.38 bits per heavy atom. The minimum absolute atomic E-state index is 0.128. The zero-order chi connectivity index (χ0) is 9.90. The maximum absolute atomic E-state index is 11.8. The Hall–Kier alpha value is -1.07. The summed E-state index contributed by atoms with van der Waals surface area (Å²) in [6, 6.07) is 0. The van der Waals surface area contributed by atoms with Crippen molar-refractivity contribution in [2.75, 3.05) is 0 Å². The highest BCUT2D eigenvalue weighted by Gasteiger charge is 2.27. The summed E-state index contributed by atoms with van der Waals surface area (Å²) in [6.45, 7) is 1.84. The Bertz CT molecular complexity index is 266. The lowest BCUT2D eigenvalue weighted by molar-refractivity contribution is -0.134. The van der Waals surface area contributed by atoms with Crippen molar-refractivity contribution in [2.45, 2.75) is 32.4 Å². The second-order valence-corrected chi connectivity index (χ2v) is 2.67. The molecular weight excluding hydrogens is 183 g/mol. The predicted octanol–water partition coefficient (Wildman–Crippen LogP) is 1.86. The van der Waals surface area contributed by atoms with Gasteiger partial charge in [0.2, 0.25) is 0 Å². The van der Waals surface area contributed by atoms with E-state index in [1.807, 2.05) is 6.92 Å². The summed E-state index contributed by atoms with van der Waals surface area (Å²) in [5.74, 6) is 0.853. The van der Waals surface area contributed by atoms with Crippen LogP contribution in [0.25, 0.3) is 0 Å². The van der Waals surface area contributed by atoms with Crippen molar-refractivity contribution in [1.82, 2.24) is 15.2 Å². The first-order valence-corrected chi connectivity index (χ1v) is 3.98. The summed E-state index contributed by atoms with van der Waals surface area (Å²) in [7, 11) is 0. The molecule has 1 heterocycles. The third-order valence-corrected chi connectivity index (χ3v) is 1.54. The van der Waals surface area contributed by atoms with Crippen molar-refractivity contribution < 1.29 is 13.2 Å². The van der Waals surface area contributed by atoms with Gasteiger partial charge in [-0.25, -0.2) is 4.98 Å². The number of hydrogen-bond donors (Lipinski definition) is 1. The van der Waals surface area contributed by atoms with Crippen LogP contribution in [0.1, 0.15) is 25.0 Å². The van der Waals surface area contributed by atoms with E-state index in [1.54, 1.807) is 0 Å². The molecule has 0 unspecified atom stereocenters. The van der Waals surface area contributed by atoms with Crippen molar-refractivity contribution >= 4 is 0 Å². The zero-order valence-corrected chi connectivity index (χ0v) is 7.15. The smallest absolute Gasteiger partial charge is 0.263 e. The van der Waals surface area contributed by atoms with Crippen LogP contribution in [0.5, 0.6) is 0 Å². The van der Waals surface area contributed by atoms with Crippen molar-refractivity contribution in [3.8, 4) is 0 Å². The Balaban J connectivity index is 2.46. The monoisotopic (exact) mass is 193 g/mol. The van der Waals surface area contributed by atoms with Crippen LogP contribution in [0.15, 0.2) is 0 Å². The standard InChI is InChI=1S/C7H10F3N3/c1-2-5-11-6(13-12-5)3-4-7(8,9)10/h2-4H2,1H3,(H,11,12,13). The molecule has 0 aliphatic heterocycles. The number of aromatic amines is 1. The van der Waals surface area contributed by atoms with E-state index in [1.165, 1.54) is 0 Å². The van der Waals surface area contributed by atoms with E-state index in [9.17, 15) is 13.2 Å². The van der Waals surface area contributed by atoms with Gasteiger partial charge < -0.3 is 0 Å². The van der Waals surface area contributed by atoms with Gasteiger partial charge in [-0.2, -0.15) is 18.3 Å². The Labute approximate surface area is 73.4 Å². The summed E-state index contributed by atoms with van der Waals surface area (Å²) in [5, 5.41) is 6.20. The highest BCUT2D eigenvalue weighted by atomic mass is 19.4. The number of rotatable bonds is 3. The van der Waals surface area contributed by atoms with E-state index in [2.05, 4.69) is 15.2 Å². The Morgan fingerprint density at radius 3 is 2.54 bits per heavy atom. The van der Waals surface area contributed by atoms with Gasteiger partial charge in [0.15, 0.2) is 0 Å². The van der Waals surface area contributed by atoms with Gasteiger partial charge in [0.1, 0.15) is 11.6 Å². The van der Waals surface area contributed by atoms with Gasteiger partial charge in [-0.05, 0) is 0 Å². The minimum atomic E-state index is -4.13. The first-order chi connectivity index (χ1) is 6.01. The lowest BCUT2D eigenvalue weighted by Crippen LogP contribution is -2.09. The van der Waals surface area contributed by atoms with Crippen LogP contribution in [0.4, 0.5) is 13.2 Å². The highest BCUT2D eigenvalue weighted by Crippen LogP contribution is 2.20. The molecule has 0 amide bonds. The number of aryl methyl sites for hydroxylation is 2. The fraction of sp³-hybridized carbons (Fsp3) is 0.714. The molecule has 13 heavy (non-hydrogen) atoms. The summed E-state index contributed by atoms with van der Waals surface area (Å²) < 4.78 is 35.3. The number of alkyl halides is 3. The van der Waals surface area contributed by atoms with Gasteiger partial charge in [0.05, 0.1) is 6.42 Å². The molecule has 0 saturated heterocycles. The van der Waals surface area contributed by atoms with Crippen LogP contribution >= 0.6 is 0 Å². The van der Waals surface area contributed by atoms with Crippen LogP contribution in [-0.4, -0.2) is 21.4 Å². The van der Waals surface area contributed by atoms with Crippen molar-refractivity contribution in [1.29, 1.82) is 0 Å². The Kier molecular flexibility index (Phi) is 2.90. The predicted molar refractivity (Wildman–Crippen MR) is 40.1 cm³/mol. The summed E-state index contributed by atoms with van der Waals surface area (Å²) >= 11 is 0. The summed E-state index contributed by atoms with van der Waals surface area (Å²) in [4.78, 5) is 3.87. The second kappa shape index (κ2) is 3.76. The third-order valence-electron chi connectivity index (χ3n) is 1.54. The molecule has 0 saturated carbocycles. The molecule has 6 heteroatoms. The molecule has 0 fully saturated rings. The fourth-order valence-electron chi connectivity index (χ4n) is 0.865. The zero-order valence-electron chi connectivity index (χ0n) is 7.15. The molecule has 0 atom stereocenters. The molecule has 74 valence electrons. The summed E-state index contributed by atoms with van der Waals surface area (Å²) in [6.07, 6.45) is -4.48. The molecule has 0 aliphatic rings. The second-order valence-electron chi connectivity index (χ2n) is 2.67. The first kappa shape index (κ1) is 10.0. The average molecular weight is 193 g/mol. The van der Waals surface area contributed by atoms with Crippen molar-refractivity contribution in [3.63, 3.8) is 0 Å². The highest BCUT2D eigenvalue weighted by molar-refractivity contribution is 4.90. The summed E-state index contributed by atoms with van der Waals surface area (Å²) in [5.41, 5.74) is 0. The van der Waals surface area contributed by atoms with Gasteiger partial charge >= 0.3 is 6.18 Å². The van der Waals surface area contributed by atoms with E-state index in [4.69, 9.17) is 0 Å². The van der Waals surface area contributed by atoms with Crippen LogP contribution in [0.3, 0.4) is 0 Å². The number of H-pyrrole nitrogens is 1. The van der Waals surface area contributed by atoms with Gasteiger partial charge in [0, 0.05) is 12.8 Å². The van der Waals surface area contributed by atoms with Gasteiger partial charge in [0.25, 0.3) is 0 Å². The lowest BCUT2D eigenvalue weighted by atomic mass is 10.3. The number of halogens is 3. The molecule has 0 aromatic carbocycles. The fourth-order valence-corrected chi connectivity index (χ4v) is 0.865. The van der Waals surface area contributed by atoms with E-state index in [0.717, 1.165) is 0 Å². The van der Waals surface area contributed by atoms with Crippen molar-refractivity contribution in [2.24, 2.45) is 0 Å². The molecule has 1 aromatic heterocycles. The number of nitrogens with one attached hydrogen (secondary N) is 1. The van der Waals surface area contributed by atoms with E-state index in [0.29, 0.717) is 18.1 Å². The molecule has 0 aliphatic carbocycles. The molecule has 0 bridgehead atoms. The minimum Gasteiger partial charge on any atom is -0.263 e. The lowest BCUT2D eigenvalue weighted by Gasteiger charge is -2.02. The SMILES string of the molecule is CCc1n[nH]c(CCC(F)(F)F)n1. The van der Waals surface area contributed by atoms with Gasteiger partial charge in [-0.1, -0.05) is 6.92 Å². The molecule has 0 radical (unpaired) electrons. The largest absolute Gasteiger partial charge is 0.389 e.